The number of unbranched alkanes of at least 4 members (excludes halogenated alkanes) is 2. The first-order valence-corrected chi connectivity index (χ1v) is 20.2. The van der Waals surface area contributed by atoms with Crippen molar-refractivity contribution in [3.63, 3.8) is 0 Å². The van der Waals surface area contributed by atoms with Crippen molar-refractivity contribution in [1.29, 1.82) is 0 Å². The molecule has 38 heavy (non-hydrogen) atoms. The van der Waals surface area contributed by atoms with E-state index in [1.165, 1.54) is 12.8 Å². The van der Waals surface area contributed by atoms with Gasteiger partial charge < -0.3 is 18.8 Å². The van der Waals surface area contributed by atoms with E-state index in [2.05, 4.69) is 72.1 Å². The van der Waals surface area contributed by atoms with Gasteiger partial charge in [0.15, 0.2) is 5.79 Å². The van der Waals surface area contributed by atoms with Gasteiger partial charge >= 0.3 is 0 Å². The van der Waals surface area contributed by atoms with E-state index >= 15 is 0 Å². The summed E-state index contributed by atoms with van der Waals surface area (Å²) in [7, 11) is -2.29. The Kier molecular flexibility index (Phi) is 12.1. The molecule has 0 bridgehead atoms. The van der Waals surface area contributed by atoms with Crippen molar-refractivity contribution in [3.05, 3.63) is 16.6 Å². The van der Waals surface area contributed by atoms with Gasteiger partial charge in [0.2, 0.25) is 0 Å². The summed E-state index contributed by atoms with van der Waals surface area (Å²) in [4.78, 5) is 4.93. The predicted molar refractivity (Wildman–Crippen MR) is 162 cm³/mol. The number of hydrogen-bond donors (Lipinski definition) is 0. The predicted octanol–water partition coefficient (Wildman–Crippen LogP) is 7.28. The van der Waals surface area contributed by atoms with Gasteiger partial charge in [-0.05, 0) is 80.8 Å². The SMILES string of the molecule is CCC1(CCCCC[C@@H](c2nc(Br)cn2COCC[Si](C)(C)C)N(CC2CC2)[S@](=O)C(C)(C)C)OCCO1. The van der Waals surface area contributed by atoms with Gasteiger partial charge in [0.1, 0.15) is 28.1 Å². The van der Waals surface area contributed by atoms with Crippen LogP contribution in [0.3, 0.4) is 0 Å². The largest absolute Gasteiger partial charge is 0.361 e. The quantitative estimate of drug-likeness (QED) is 0.133. The van der Waals surface area contributed by atoms with Crippen LogP contribution in [-0.4, -0.2) is 63.0 Å². The van der Waals surface area contributed by atoms with Crippen LogP contribution in [0.15, 0.2) is 10.8 Å². The molecule has 0 amide bonds. The molecular weight excluding hydrogens is 582 g/mol. The lowest BCUT2D eigenvalue weighted by atomic mass is 10.0. The topological polar surface area (TPSA) is 65.8 Å². The molecule has 7 nitrogen and oxygen atoms in total. The Labute approximate surface area is 243 Å². The third kappa shape index (κ3) is 10.1. The summed E-state index contributed by atoms with van der Waals surface area (Å²) in [6.45, 7) is 19.0. The normalized spacial score (nSPS) is 19.8. The molecule has 1 saturated carbocycles. The second-order valence-electron chi connectivity index (χ2n) is 13.2. The molecule has 1 aliphatic heterocycles. The third-order valence-corrected chi connectivity index (χ3v) is 11.4. The lowest BCUT2D eigenvalue weighted by Gasteiger charge is -2.35. The Morgan fingerprint density at radius 1 is 1.24 bits per heavy atom. The highest BCUT2D eigenvalue weighted by molar-refractivity contribution is 9.10. The van der Waals surface area contributed by atoms with Crippen molar-refractivity contribution in [2.45, 2.75) is 128 Å². The van der Waals surface area contributed by atoms with Crippen LogP contribution in [0.4, 0.5) is 0 Å². The van der Waals surface area contributed by atoms with Crippen LogP contribution < -0.4 is 0 Å². The van der Waals surface area contributed by atoms with Crippen LogP contribution in [-0.2, 0) is 31.9 Å². The highest BCUT2D eigenvalue weighted by Crippen LogP contribution is 2.38. The van der Waals surface area contributed by atoms with Gasteiger partial charge in [0, 0.05) is 33.8 Å². The van der Waals surface area contributed by atoms with E-state index in [9.17, 15) is 4.21 Å². The standard InChI is InChI=1S/C28H52BrN3O4SSi/c1-8-28(35-16-17-36-28)15-11-9-10-12-24(32(20-23-13-14-23)37(33)27(2,3)4)26-30-25(29)21-31(26)22-34-18-19-38(5,6)7/h21,23-24H,8-20,22H2,1-7H3/t24-,37+/m0/s1. The zero-order valence-corrected chi connectivity index (χ0v) is 28.3. The van der Waals surface area contributed by atoms with E-state index < -0.39 is 19.1 Å². The van der Waals surface area contributed by atoms with E-state index in [0.717, 1.165) is 68.1 Å². The molecule has 10 heteroatoms. The Balaban J connectivity index is 1.74. The van der Waals surface area contributed by atoms with E-state index in [4.69, 9.17) is 19.2 Å². The molecule has 1 aromatic heterocycles. The number of ether oxygens (including phenoxy) is 3. The summed E-state index contributed by atoms with van der Waals surface area (Å²) in [5, 5.41) is 0. The van der Waals surface area contributed by atoms with E-state index in [0.29, 0.717) is 25.9 Å². The number of halogens is 1. The maximum absolute atomic E-state index is 13.9. The first kappa shape index (κ1) is 32.4. The summed E-state index contributed by atoms with van der Waals surface area (Å²) in [5.74, 6) is 1.19. The molecule has 2 fully saturated rings. The lowest BCUT2D eigenvalue weighted by molar-refractivity contribution is -0.164. The van der Waals surface area contributed by atoms with Crippen molar-refractivity contribution >= 4 is 35.0 Å². The molecule has 2 heterocycles. The lowest BCUT2D eigenvalue weighted by Crippen LogP contribution is -2.42. The molecule has 0 spiro atoms. The summed E-state index contributed by atoms with van der Waals surface area (Å²) in [5.41, 5.74) is 0. The maximum atomic E-state index is 13.9. The highest BCUT2D eigenvalue weighted by atomic mass is 79.9. The fourth-order valence-corrected chi connectivity index (χ4v) is 7.52. The van der Waals surface area contributed by atoms with Gasteiger partial charge in [-0.1, -0.05) is 39.4 Å². The van der Waals surface area contributed by atoms with Gasteiger partial charge in [-0.2, -0.15) is 0 Å². The number of aromatic nitrogens is 2. The molecule has 2 atom stereocenters. The minimum absolute atomic E-state index is 0.0262. The summed E-state index contributed by atoms with van der Waals surface area (Å²) in [6.07, 6.45) is 10.4. The van der Waals surface area contributed by atoms with Crippen LogP contribution >= 0.6 is 15.9 Å². The Morgan fingerprint density at radius 2 is 1.92 bits per heavy atom. The van der Waals surface area contributed by atoms with Crippen molar-refractivity contribution < 1.29 is 18.4 Å². The van der Waals surface area contributed by atoms with E-state index in [1.54, 1.807) is 0 Å². The molecule has 220 valence electrons. The molecule has 1 aliphatic carbocycles. The van der Waals surface area contributed by atoms with E-state index in [1.807, 2.05) is 6.20 Å². The van der Waals surface area contributed by atoms with Crippen LogP contribution in [0.1, 0.15) is 90.9 Å². The molecule has 0 unspecified atom stereocenters. The van der Waals surface area contributed by atoms with Gasteiger partial charge in [-0.25, -0.2) is 13.5 Å². The smallest absolute Gasteiger partial charge is 0.168 e. The zero-order valence-electron chi connectivity index (χ0n) is 24.9. The van der Waals surface area contributed by atoms with Crippen molar-refractivity contribution in [2.24, 2.45) is 5.92 Å². The molecule has 1 saturated heterocycles. The second-order valence-corrected chi connectivity index (χ2v) is 21.8. The van der Waals surface area contributed by atoms with Gasteiger partial charge in [0.25, 0.3) is 0 Å². The molecule has 0 radical (unpaired) electrons. The van der Waals surface area contributed by atoms with Crippen LogP contribution in [0.2, 0.25) is 25.7 Å². The number of nitrogens with zero attached hydrogens (tertiary/aromatic N) is 3. The molecule has 0 aromatic carbocycles. The molecule has 0 N–H and O–H groups in total. The summed E-state index contributed by atoms with van der Waals surface area (Å²) < 4.78 is 36.8. The molecule has 1 aromatic rings. The summed E-state index contributed by atoms with van der Waals surface area (Å²) in [6, 6.07) is 1.11. The average molecular weight is 635 g/mol. The Bertz CT molecular complexity index is 892. The Hall–Kier alpha value is -0.103. The zero-order chi connectivity index (χ0) is 28.0. The molecule has 3 rings (SSSR count). The van der Waals surface area contributed by atoms with Crippen LogP contribution in [0.5, 0.6) is 0 Å². The minimum atomic E-state index is -1.16. The summed E-state index contributed by atoms with van der Waals surface area (Å²) >= 11 is 3.62. The van der Waals surface area contributed by atoms with Gasteiger partial charge in [-0.3, -0.25) is 0 Å². The highest BCUT2D eigenvalue weighted by Gasteiger charge is 2.38. The van der Waals surface area contributed by atoms with Gasteiger partial charge in [0.05, 0.1) is 24.0 Å². The monoisotopic (exact) mass is 633 g/mol. The van der Waals surface area contributed by atoms with Crippen molar-refractivity contribution in [1.82, 2.24) is 13.9 Å². The fraction of sp³-hybridized carbons (Fsp3) is 0.893. The van der Waals surface area contributed by atoms with E-state index in [-0.39, 0.29) is 16.6 Å². The third-order valence-electron chi connectivity index (χ3n) is 7.41. The number of hydrogen-bond acceptors (Lipinski definition) is 5. The van der Waals surface area contributed by atoms with Crippen LogP contribution in [0, 0.1) is 5.92 Å². The molecule has 2 aliphatic rings. The molecular formula is C28H52BrN3O4SSi. The fourth-order valence-electron chi connectivity index (χ4n) is 4.86. The second kappa shape index (κ2) is 14.2. The average Bonchev–Trinajstić information content (AvgIpc) is 3.40. The maximum Gasteiger partial charge on any atom is 0.168 e. The number of imidazole rings is 1. The first-order chi connectivity index (χ1) is 17.8. The van der Waals surface area contributed by atoms with Crippen molar-refractivity contribution in [3.8, 4) is 0 Å². The number of rotatable bonds is 17. The minimum Gasteiger partial charge on any atom is -0.361 e. The van der Waals surface area contributed by atoms with Gasteiger partial charge in [-0.15, -0.1) is 0 Å². The Morgan fingerprint density at radius 3 is 2.50 bits per heavy atom. The van der Waals surface area contributed by atoms with Crippen molar-refractivity contribution in [2.75, 3.05) is 26.4 Å². The van der Waals surface area contributed by atoms with Crippen LogP contribution in [0.25, 0.3) is 0 Å². The first-order valence-electron chi connectivity index (χ1n) is 14.6.